The fourth-order valence-electron chi connectivity index (χ4n) is 1.78. The maximum absolute atomic E-state index is 13.5. The number of benzene rings is 1. The van der Waals surface area contributed by atoms with Crippen molar-refractivity contribution in [2.75, 3.05) is 19.8 Å². The number of halogens is 2. The van der Waals surface area contributed by atoms with Gasteiger partial charge in [-0.2, -0.15) is 0 Å². The number of ether oxygens (including phenoxy) is 1. The van der Waals surface area contributed by atoms with E-state index in [0.717, 1.165) is 25.6 Å². The van der Waals surface area contributed by atoms with Crippen LogP contribution in [0.5, 0.6) is 0 Å². The predicted octanol–water partition coefficient (Wildman–Crippen LogP) is 3.68. The van der Waals surface area contributed by atoms with Crippen LogP contribution >= 0.6 is 0 Å². The Kier molecular flexibility index (Phi) is 6.95. The maximum atomic E-state index is 13.5. The topological polar surface area (TPSA) is 21.3 Å². The van der Waals surface area contributed by atoms with E-state index in [1.807, 2.05) is 6.92 Å². The summed E-state index contributed by atoms with van der Waals surface area (Å²) in [5.41, 5.74) is 0.364. The van der Waals surface area contributed by atoms with E-state index in [0.29, 0.717) is 18.1 Å². The lowest BCUT2D eigenvalue weighted by Crippen LogP contribution is -2.22. The molecule has 0 radical (unpaired) electrons. The van der Waals surface area contributed by atoms with Crippen LogP contribution in [0.4, 0.5) is 8.78 Å². The first-order valence-electron chi connectivity index (χ1n) is 6.77. The molecule has 108 valence electrons. The summed E-state index contributed by atoms with van der Waals surface area (Å²) >= 11 is 0. The molecule has 0 aliphatic carbocycles. The SMILES string of the molecule is CC(C)COCCCNC(C)c1cccc(F)c1F. The van der Waals surface area contributed by atoms with Gasteiger partial charge in [-0.15, -0.1) is 0 Å². The Balaban J connectivity index is 2.28. The number of hydrogen-bond acceptors (Lipinski definition) is 2. The van der Waals surface area contributed by atoms with Crippen LogP contribution in [-0.2, 0) is 4.74 Å². The van der Waals surface area contributed by atoms with Gasteiger partial charge in [0.15, 0.2) is 11.6 Å². The highest BCUT2D eigenvalue weighted by molar-refractivity contribution is 5.21. The van der Waals surface area contributed by atoms with E-state index in [1.165, 1.54) is 6.07 Å². The molecular weight excluding hydrogens is 248 g/mol. The Morgan fingerprint density at radius 3 is 2.63 bits per heavy atom. The van der Waals surface area contributed by atoms with Gasteiger partial charge in [0, 0.05) is 24.8 Å². The highest BCUT2D eigenvalue weighted by atomic mass is 19.2. The fraction of sp³-hybridized carbons (Fsp3) is 0.600. The molecule has 1 aromatic rings. The molecule has 0 saturated heterocycles. The molecule has 19 heavy (non-hydrogen) atoms. The van der Waals surface area contributed by atoms with Gasteiger partial charge in [-0.05, 0) is 31.9 Å². The smallest absolute Gasteiger partial charge is 0.163 e. The van der Waals surface area contributed by atoms with Gasteiger partial charge in [-0.3, -0.25) is 0 Å². The minimum atomic E-state index is -0.800. The lowest BCUT2D eigenvalue weighted by molar-refractivity contribution is 0.107. The highest BCUT2D eigenvalue weighted by Crippen LogP contribution is 2.18. The van der Waals surface area contributed by atoms with Crippen molar-refractivity contribution in [1.29, 1.82) is 0 Å². The number of rotatable bonds is 8. The van der Waals surface area contributed by atoms with Crippen LogP contribution < -0.4 is 5.32 Å². The average molecular weight is 271 g/mol. The van der Waals surface area contributed by atoms with Gasteiger partial charge >= 0.3 is 0 Å². The first-order valence-corrected chi connectivity index (χ1v) is 6.77. The molecule has 1 aromatic carbocycles. The third-order valence-corrected chi connectivity index (χ3v) is 2.82. The Bertz CT molecular complexity index is 382. The Labute approximate surface area is 114 Å². The molecule has 1 unspecified atom stereocenters. The zero-order chi connectivity index (χ0) is 14.3. The quantitative estimate of drug-likeness (QED) is 0.728. The van der Waals surface area contributed by atoms with Gasteiger partial charge < -0.3 is 10.1 Å². The van der Waals surface area contributed by atoms with E-state index in [4.69, 9.17) is 4.74 Å². The molecule has 0 amide bonds. The largest absolute Gasteiger partial charge is 0.381 e. The first kappa shape index (κ1) is 16.1. The summed E-state index contributed by atoms with van der Waals surface area (Å²) in [7, 11) is 0. The van der Waals surface area contributed by atoms with Gasteiger partial charge in [0.2, 0.25) is 0 Å². The normalized spacial score (nSPS) is 12.9. The molecule has 0 saturated carbocycles. The Morgan fingerprint density at radius 2 is 1.95 bits per heavy atom. The third kappa shape index (κ3) is 5.66. The van der Waals surface area contributed by atoms with Crippen LogP contribution in [0, 0.1) is 17.6 Å². The Hall–Kier alpha value is -1.00. The summed E-state index contributed by atoms with van der Waals surface area (Å²) in [6.45, 7) is 8.19. The predicted molar refractivity (Wildman–Crippen MR) is 73.0 cm³/mol. The van der Waals surface area contributed by atoms with E-state index in [2.05, 4.69) is 19.2 Å². The van der Waals surface area contributed by atoms with Crippen molar-refractivity contribution in [3.05, 3.63) is 35.4 Å². The molecule has 0 fully saturated rings. The summed E-state index contributed by atoms with van der Waals surface area (Å²) in [4.78, 5) is 0. The zero-order valence-electron chi connectivity index (χ0n) is 11.9. The lowest BCUT2D eigenvalue weighted by Gasteiger charge is -2.15. The summed E-state index contributed by atoms with van der Waals surface area (Å²) < 4.78 is 32.1. The molecule has 1 atom stereocenters. The molecule has 2 nitrogen and oxygen atoms in total. The van der Waals surface area contributed by atoms with Gasteiger partial charge in [-0.25, -0.2) is 8.78 Å². The van der Waals surface area contributed by atoms with Crippen LogP contribution in [0.3, 0.4) is 0 Å². The minimum Gasteiger partial charge on any atom is -0.381 e. The van der Waals surface area contributed by atoms with Crippen LogP contribution in [0.1, 0.15) is 38.8 Å². The van der Waals surface area contributed by atoms with Crippen LogP contribution in [0.2, 0.25) is 0 Å². The van der Waals surface area contributed by atoms with Crippen molar-refractivity contribution in [2.24, 2.45) is 5.92 Å². The van der Waals surface area contributed by atoms with E-state index >= 15 is 0 Å². The van der Waals surface area contributed by atoms with Crippen LogP contribution in [-0.4, -0.2) is 19.8 Å². The number of hydrogen-bond donors (Lipinski definition) is 1. The molecule has 0 aliphatic heterocycles. The molecule has 0 aliphatic rings. The zero-order valence-corrected chi connectivity index (χ0v) is 11.9. The summed E-state index contributed by atoms with van der Waals surface area (Å²) in [6.07, 6.45) is 0.855. The molecule has 4 heteroatoms. The fourth-order valence-corrected chi connectivity index (χ4v) is 1.78. The van der Waals surface area contributed by atoms with E-state index in [9.17, 15) is 8.78 Å². The van der Waals surface area contributed by atoms with Gasteiger partial charge in [0.05, 0.1) is 0 Å². The van der Waals surface area contributed by atoms with Crippen molar-refractivity contribution < 1.29 is 13.5 Å². The van der Waals surface area contributed by atoms with E-state index in [-0.39, 0.29) is 6.04 Å². The molecule has 1 rings (SSSR count). The van der Waals surface area contributed by atoms with Crippen molar-refractivity contribution in [2.45, 2.75) is 33.2 Å². The molecule has 0 heterocycles. The van der Waals surface area contributed by atoms with Crippen molar-refractivity contribution in [1.82, 2.24) is 5.32 Å². The second kappa shape index (κ2) is 8.23. The minimum absolute atomic E-state index is 0.208. The second-order valence-electron chi connectivity index (χ2n) is 5.14. The van der Waals surface area contributed by atoms with E-state index in [1.54, 1.807) is 6.07 Å². The summed E-state index contributed by atoms with van der Waals surface area (Å²) in [6, 6.07) is 4.05. The van der Waals surface area contributed by atoms with Crippen molar-refractivity contribution in [3.63, 3.8) is 0 Å². The van der Waals surface area contributed by atoms with Gasteiger partial charge in [0.25, 0.3) is 0 Å². The Morgan fingerprint density at radius 1 is 1.21 bits per heavy atom. The van der Waals surface area contributed by atoms with E-state index < -0.39 is 11.6 Å². The third-order valence-electron chi connectivity index (χ3n) is 2.82. The summed E-state index contributed by atoms with van der Waals surface area (Å²) in [5.74, 6) is -1.03. The first-order chi connectivity index (χ1) is 9.02. The molecule has 0 bridgehead atoms. The molecule has 1 N–H and O–H groups in total. The standard InChI is InChI=1S/C15H23F2NO/c1-11(2)10-19-9-5-8-18-12(3)13-6-4-7-14(16)15(13)17/h4,6-7,11-12,18H,5,8-10H2,1-3H3. The monoisotopic (exact) mass is 271 g/mol. The highest BCUT2D eigenvalue weighted by Gasteiger charge is 2.13. The summed E-state index contributed by atoms with van der Waals surface area (Å²) in [5, 5.41) is 3.17. The van der Waals surface area contributed by atoms with Crippen LogP contribution in [0.25, 0.3) is 0 Å². The van der Waals surface area contributed by atoms with Gasteiger partial charge in [0.1, 0.15) is 0 Å². The molecular formula is C15H23F2NO. The number of nitrogens with one attached hydrogen (secondary N) is 1. The maximum Gasteiger partial charge on any atom is 0.163 e. The van der Waals surface area contributed by atoms with Crippen molar-refractivity contribution in [3.8, 4) is 0 Å². The second-order valence-corrected chi connectivity index (χ2v) is 5.14. The van der Waals surface area contributed by atoms with Crippen molar-refractivity contribution >= 4 is 0 Å². The average Bonchev–Trinajstić information content (AvgIpc) is 2.36. The van der Waals surface area contributed by atoms with Crippen LogP contribution in [0.15, 0.2) is 18.2 Å². The molecule has 0 aromatic heterocycles. The lowest BCUT2D eigenvalue weighted by atomic mass is 10.1. The molecule has 0 spiro atoms. The van der Waals surface area contributed by atoms with Gasteiger partial charge in [-0.1, -0.05) is 26.0 Å².